The fourth-order valence-electron chi connectivity index (χ4n) is 1.06. The number of halogens is 3. The standard InChI is InChI=1S/C9H7BrCl2O3/c1-14-8-5(11)3-4(10)7(12)6(8)9(13)15-2/h3H,1-2H3. The van der Waals surface area contributed by atoms with E-state index in [0.717, 1.165) is 0 Å². The fourth-order valence-corrected chi connectivity index (χ4v) is 2.12. The quantitative estimate of drug-likeness (QED) is 0.618. The molecular formula is C9H7BrCl2O3. The number of ether oxygens (including phenoxy) is 2. The van der Waals surface area contributed by atoms with Crippen molar-refractivity contribution in [3.05, 3.63) is 26.1 Å². The van der Waals surface area contributed by atoms with Crippen molar-refractivity contribution in [2.24, 2.45) is 0 Å². The first-order valence-electron chi connectivity index (χ1n) is 3.82. The molecule has 0 bridgehead atoms. The Balaban J connectivity index is 3.50. The van der Waals surface area contributed by atoms with E-state index in [1.54, 1.807) is 6.07 Å². The highest BCUT2D eigenvalue weighted by atomic mass is 79.9. The minimum atomic E-state index is -0.597. The Morgan fingerprint density at radius 3 is 2.47 bits per heavy atom. The summed E-state index contributed by atoms with van der Waals surface area (Å²) in [5.74, 6) is -0.392. The normalized spacial score (nSPS) is 9.93. The van der Waals surface area contributed by atoms with Crippen LogP contribution in [0.5, 0.6) is 5.75 Å². The lowest BCUT2D eigenvalue weighted by molar-refractivity contribution is 0.0597. The van der Waals surface area contributed by atoms with Gasteiger partial charge in [-0.25, -0.2) is 4.79 Å². The predicted octanol–water partition coefficient (Wildman–Crippen LogP) is 3.55. The molecule has 0 aliphatic carbocycles. The van der Waals surface area contributed by atoms with Gasteiger partial charge in [0, 0.05) is 4.47 Å². The zero-order chi connectivity index (χ0) is 11.6. The van der Waals surface area contributed by atoms with E-state index in [1.165, 1.54) is 14.2 Å². The number of rotatable bonds is 2. The summed E-state index contributed by atoms with van der Waals surface area (Å²) in [6.45, 7) is 0. The second-order valence-electron chi connectivity index (χ2n) is 2.55. The molecule has 82 valence electrons. The molecule has 1 aromatic rings. The molecule has 1 rings (SSSR count). The van der Waals surface area contributed by atoms with Crippen LogP contribution in [-0.4, -0.2) is 20.2 Å². The van der Waals surface area contributed by atoms with Gasteiger partial charge in [0.1, 0.15) is 5.56 Å². The molecule has 0 fully saturated rings. The highest BCUT2D eigenvalue weighted by Gasteiger charge is 2.22. The van der Waals surface area contributed by atoms with Crippen molar-refractivity contribution in [2.45, 2.75) is 0 Å². The topological polar surface area (TPSA) is 35.5 Å². The number of hydrogen-bond donors (Lipinski definition) is 0. The second-order valence-corrected chi connectivity index (χ2v) is 4.19. The first-order chi connectivity index (χ1) is 7.02. The first-order valence-corrected chi connectivity index (χ1v) is 5.37. The van der Waals surface area contributed by atoms with Crippen molar-refractivity contribution < 1.29 is 14.3 Å². The average molecular weight is 314 g/mol. The molecule has 0 saturated carbocycles. The number of esters is 1. The average Bonchev–Trinajstić information content (AvgIpc) is 2.21. The summed E-state index contributed by atoms with van der Waals surface area (Å²) >= 11 is 15.0. The summed E-state index contributed by atoms with van der Waals surface area (Å²) in [5.41, 5.74) is 0.112. The van der Waals surface area contributed by atoms with Gasteiger partial charge in [-0.1, -0.05) is 23.2 Å². The summed E-state index contributed by atoms with van der Waals surface area (Å²) in [5, 5.41) is 0.497. The van der Waals surface area contributed by atoms with Crippen molar-refractivity contribution >= 4 is 45.1 Å². The Labute approximate surface area is 105 Å². The van der Waals surface area contributed by atoms with Crippen LogP contribution in [0.15, 0.2) is 10.5 Å². The maximum absolute atomic E-state index is 11.5. The molecule has 0 atom stereocenters. The Bertz CT molecular complexity index is 407. The van der Waals surface area contributed by atoms with E-state index >= 15 is 0 Å². The third-order valence-corrected chi connectivity index (χ3v) is 3.25. The van der Waals surface area contributed by atoms with Gasteiger partial charge in [-0.15, -0.1) is 0 Å². The SMILES string of the molecule is COC(=O)c1c(Cl)c(Br)cc(Cl)c1OC. The van der Waals surface area contributed by atoms with Crippen LogP contribution in [0.25, 0.3) is 0 Å². The largest absolute Gasteiger partial charge is 0.494 e. The summed E-state index contributed by atoms with van der Waals surface area (Å²) < 4.78 is 10.1. The molecule has 0 heterocycles. The van der Waals surface area contributed by atoms with Crippen molar-refractivity contribution in [1.82, 2.24) is 0 Å². The molecule has 0 aromatic heterocycles. The third-order valence-electron chi connectivity index (χ3n) is 1.72. The molecule has 6 heteroatoms. The molecule has 0 aliphatic rings. The lowest BCUT2D eigenvalue weighted by Gasteiger charge is -2.11. The Morgan fingerprint density at radius 2 is 2.00 bits per heavy atom. The van der Waals surface area contributed by atoms with Gasteiger partial charge in [-0.05, 0) is 22.0 Å². The number of methoxy groups -OCH3 is 2. The van der Waals surface area contributed by atoms with E-state index in [-0.39, 0.29) is 21.4 Å². The number of hydrogen-bond acceptors (Lipinski definition) is 3. The molecule has 0 amide bonds. The smallest absolute Gasteiger partial charge is 0.343 e. The van der Waals surface area contributed by atoms with Crippen molar-refractivity contribution in [3.8, 4) is 5.75 Å². The third kappa shape index (κ3) is 2.38. The molecule has 0 radical (unpaired) electrons. The zero-order valence-electron chi connectivity index (χ0n) is 7.94. The summed E-state index contributed by atoms with van der Waals surface area (Å²) in [6.07, 6.45) is 0. The summed E-state index contributed by atoms with van der Waals surface area (Å²) in [4.78, 5) is 11.5. The maximum Gasteiger partial charge on any atom is 0.343 e. The zero-order valence-corrected chi connectivity index (χ0v) is 11.0. The van der Waals surface area contributed by atoms with Crippen LogP contribution >= 0.6 is 39.1 Å². The minimum Gasteiger partial charge on any atom is -0.494 e. The maximum atomic E-state index is 11.5. The van der Waals surface area contributed by atoms with Crippen LogP contribution < -0.4 is 4.74 Å². The van der Waals surface area contributed by atoms with Gasteiger partial charge in [0.25, 0.3) is 0 Å². The highest BCUT2D eigenvalue weighted by molar-refractivity contribution is 9.10. The summed E-state index contributed by atoms with van der Waals surface area (Å²) in [6, 6.07) is 1.55. The predicted molar refractivity (Wildman–Crippen MR) is 62.1 cm³/mol. The monoisotopic (exact) mass is 312 g/mol. The van der Waals surface area contributed by atoms with E-state index in [1.807, 2.05) is 0 Å². The van der Waals surface area contributed by atoms with Gasteiger partial charge >= 0.3 is 5.97 Å². The molecule has 0 unspecified atom stereocenters. The number of benzene rings is 1. The number of carbonyl (C=O) groups is 1. The van der Waals surface area contributed by atoms with Gasteiger partial charge in [-0.2, -0.15) is 0 Å². The van der Waals surface area contributed by atoms with Crippen molar-refractivity contribution in [2.75, 3.05) is 14.2 Å². The van der Waals surface area contributed by atoms with Gasteiger partial charge in [0.05, 0.1) is 24.3 Å². The van der Waals surface area contributed by atoms with Crippen LogP contribution in [0, 0.1) is 0 Å². The van der Waals surface area contributed by atoms with E-state index < -0.39 is 5.97 Å². The van der Waals surface area contributed by atoms with Crippen LogP contribution in [-0.2, 0) is 4.74 Å². The van der Waals surface area contributed by atoms with Gasteiger partial charge in [0.2, 0.25) is 0 Å². The molecule has 15 heavy (non-hydrogen) atoms. The van der Waals surface area contributed by atoms with E-state index in [4.69, 9.17) is 27.9 Å². The molecule has 0 spiro atoms. The Hall–Kier alpha value is -0.450. The van der Waals surface area contributed by atoms with E-state index in [2.05, 4.69) is 20.7 Å². The van der Waals surface area contributed by atoms with Gasteiger partial charge in [-0.3, -0.25) is 0 Å². The first kappa shape index (κ1) is 12.6. The van der Waals surface area contributed by atoms with Crippen molar-refractivity contribution in [1.29, 1.82) is 0 Å². The summed E-state index contributed by atoms with van der Waals surface area (Å²) in [7, 11) is 2.66. The van der Waals surface area contributed by atoms with E-state index in [0.29, 0.717) is 4.47 Å². The minimum absolute atomic E-state index is 0.112. The highest BCUT2D eigenvalue weighted by Crippen LogP contribution is 2.39. The molecule has 0 saturated heterocycles. The van der Waals surface area contributed by atoms with Crippen LogP contribution in [0.1, 0.15) is 10.4 Å². The molecule has 0 N–H and O–H groups in total. The Kier molecular flexibility index (Phi) is 4.25. The van der Waals surface area contributed by atoms with Gasteiger partial charge < -0.3 is 9.47 Å². The molecular weight excluding hydrogens is 307 g/mol. The van der Waals surface area contributed by atoms with Gasteiger partial charge in [0.15, 0.2) is 5.75 Å². The van der Waals surface area contributed by atoms with Crippen LogP contribution in [0.4, 0.5) is 0 Å². The number of carbonyl (C=O) groups excluding carboxylic acids is 1. The van der Waals surface area contributed by atoms with E-state index in [9.17, 15) is 4.79 Å². The second kappa shape index (κ2) is 5.05. The lowest BCUT2D eigenvalue weighted by atomic mass is 10.2. The molecule has 0 aliphatic heterocycles. The van der Waals surface area contributed by atoms with Crippen LogP contribution in [0.2, 0.25) is 10.0 Å². The van der Waals surface area contributed by atoms with Crippen LogP contribution in [0.3, 0.4) is 0 Å². The molecule has 3 nitrogen and oxygen atoms in total. The lowest BCUT2D eigenvalue weighted by Crippen LogP contribution is -2.06. The Morgan fingerprint density at radius 1 is 1.40 bits per heavy atom. The molecule has 1 aromatic carbocycles. The van der Waals surface area contributed by atoms with Crippen molar-refractivity contribution in [3.63, 3.8) is 0 Å². The fraction of sp³-hybridized carbons (Fsp3) is 0.222.